The highest BCUT2D eigenvalue weighted by atomic mass is 32.1. The lowest BCUT2D eigenvalue weighted by molar-refractivity contribution is 0.0919. The van der Waals surface area contributed by atoms with Crippen molar-refractivity contribution in [2.24, 2.45) is 0 Å². The summed E-state index contributed by atoms with van der Waals surface area (Å²) in [6.45, 7) is 0. The summed E-state index contributed by atoms with van der Waals surface area (Å²) in [4.78, 5) is 26.3. The van der Waals surface area contributed by atoms with Crippen molar-refractivity contribution < 1.29 is 9.59 Å². The van der Waals surface area contributed by atoms with Crippen LogP contribution in [0.1, 0.15) is 84.9 Å². The Labute approximate surface area is 199 Å². The number of fused-ring (bicyclic) bond motifs is 1. The van der Waals surface area contributed by atoms with E-state index < -0.39 is 0 Å². The molecule has 3 aromatic rings. The summed E-state index contributed by atoms with van der Waals surface area (Å²) in [7, 11) is 0. The number of carbonyl (C=O) groups is 2. The Morgan fingerprint density at radius 2 is 1.36 bits per heavy atom. The van der Waals surface area contributed by atoms with Gasteiger partial charge in [0.15, 0.2) is 0 Å². The van der Waals surface area contributed by atoms with Crippen molar-refractivity contribution >= 4 is 33.2 Å². The van der Waals surface area contributed by atoms with Crippen molar-refractivity contribution in [3.8, 4) is 10.4 Å². The van der Waals surface area contributed by atoms with E-state index in [1.165, 1.54) is 38.5 Å². The van der Waals surface area contributed by atoms with Gasteiger partial charge >= 0.3 is 0 Å². The predicted molar refractivity (Wildman–Crippen MR) is 134 cm³/mol. The number of amides is 2. The molecule has 2 saturated carbocycles. The van der Waals surface area contributed by atoms with Gasteiger partial charge in [-0.15, -0.1) is 11.3 Å². The van der Waals surface area contributed by atoms with Crippen molar-refractivity contribution in [2.45, 2.75) is 76.3 Å². The maximum absolute atomic E-state index is 12.7. The molecule has 33 heavy (non-hydrogen) atoms. The average molecular weight is 459 g/mol. The van der Waals surface area contributed by atoms with Gasteiger partial charge in [-0.05, 0) is 61.6 Å². The number of hydrogen-bond donors (Lipinski definition) is 2. The number of hydrogen-bond acceptors (Lipinski definition) is 3. The molecular weight excluding hydrogens is 428 g/mol. The van der Waals surface area contributed by atoms with Crippen LogP contribution in [0.5, 0.6) is 0 Å². The van der Waals surface area contributed by atoms with E-state index >= 15 is 0 Å². The Bertz CT molecular complexity index is 1120. The van der Waals surface area contributed by atoms with Crippen molar-refractivity contribution in [1.82, 2.24) is 10.6 Å². The third-order valence-electron chi connectivity index (χ3n) is 6.91. The molecule has 0 unspecified atom stereocenters. The second-order valence-corrected chi connectivity index (χ2v) is 10.4. The molecule has 2 N–H and O–H groups in total. The summed E-state index contributed by atoms with van der Waals surface area (Å²) < 4.78 is 1.00. The zero-order valence-electron chi connectivity index (χ0n) is 18.9. The molecule has 5 rings (SSSR count). The molecule has 0 saturated heterocycles. The fraction of sp³-hybridized carbons (Fsp3) is 0.429. The number of nitrogens with one attached hydrogen (secondary N) is 2. The molecule has 2 radical (unpaired) electrons. The normalized spacial score (nSPS) is 17.7. The van der Waals surface area contributed by atoms with Crippen LogP contribution in [0, 0.1) is 12.1 Å². The van der Waals surface area contributed by atoms with E-state index in [1.807, 2.05) is 30.3 Å². The number of rotatable bonds is 5. The number of carbonyl (C=O) groups excluding carboxylic acids is 2. The molecule has 1 heterocycles. The van der Waals surface area contributed by atoms with Crippen LogP contribution >= 0.6 is 11.3 Å². The molecule has 0 aliphatic heterocycles. The van der Waals surface area contributed by atoms with Crippen LogP contribution in [0.4, 0.5) is 0 Å². The van der Waals surface area contributed by atoms with Crippen LogP contribution in [-0.2, 0) is 0 Å². The second kappa shape index (κ2) is 10.1. The molecule has 2 amide bonds. The molecule has 170 valence electrons. The predicted octanol–water partition coefficient (Wildman–Crippen LogP) is 6.29. The first kappa shape index (κ1) is 22.1. The molecule has 2 aromatic carbocycles. The van der Waals surface area contributed by atoms with Crippen molar-refractivity contribution in [1.29, 1.82) is 0 Å². The lowest BCUT2D eigenvalue weighted by Crippen LogP contribution is -2.36. The fourth-order valence-corrected chi connectivity index (χ4v) is 5.99. The van der Waals surface area contributed by atoms with E-state index in [4.69, 9.17) is 0 Å². The molecule has 4 nitrogen and oxygen atoms in total. The van der Waals surface area contributed by atoms with Crippen molar-refractivity contribution in [3.63, 3.8) is 0 Å². The summed E-state index contributed by atoms with van der Waals surface area (Å²) in [6, 6.07) is 18.7. The van der Waals surface area contributed by atoms with Crippen LogP contribution in [-0.4, -0.2) is 23.9 Å². The monoisotopic (exact) mass is 458 g/mol. The third kappa shape index (κ3) is 5.30. The maximum atomic E-state index is 12.7. The maximum Gasteiger partial charge on any atom is 0.251 e. The zero-order chi connectivity index (χ0) is 22.6. The Hall–Kier alpha value is -2.66. The fourth-order valence-electron chi connectivity index (χ4n) is 4.97. The molecule has 0 spiro atoms. The van der Waals surface area contributed by atoms with Gasteiger partial charge < -0.3 is 10.6 Å². The van der Waals surface area contributed by atoms with E-state index in [1.54, 1.807) is 17.4 Å². The molecule has 2 aliphatic rings. The molecule has 0 bridgehead atoms. The Balaban J connectivity index is 1.27. The Morgan fingerprint density at radius 3 is 1.97 bits per heavy atom. The van der Waals surface area contributed by atoms with E-state index in [0.717, 1.165) is 46.2 Å². The summed E-state index contributed by atoms with van der Waals surface area (Å²) in [5, 5.41) is 7.25. The van der Waals surface area contributed by atoms with Crippen molar-refractivity contribution in [2.75, 3.05) is 0 Å². The highest BCUT2D eigenvalue weighted by molar-refractivity contribution is 7.22. The topological polar surface area (TPSA) is 58.2 Å². The van der Waals surface area contributed by atoms with Gasteiger partial charge in [-0.1, -0.05) is 50.7 Å². The van der Waals surface area contributed by atoms with E-state index in [-0.39, 0.29) is 11.8 Å². The van der Waals surface area contributed by atoms with Crippen LogP contribution in [0.2, 0.25) is 0 Å². The number of benzene rings is 2. The molecule has 1 aromatic heterocycles. The van der Waals surface area contributed by atoms with Gasteiger partial charge in [0.2, 0.25) is 0 Å². The molecule has 2 aliphatic carbocycles. The summed E-state index contributed by atoms with van der Waals surface area (Å²) >= 11 is 1.60. The Morgan fingerprint density at radius 1 is 0.788 bits per heavy atom. The zero-order valence-corrected chi connectivity index (χ0v) is 19.7. The lowest BCUT2D eigenvalue weighted by atomic mass is 9.95. The first-order chi connectivity index (χ1) is 16.2. The minimum atomic E-state index is -0.0108. The third-order valence-corrected chi connectivity index (χ3v) is 7.99. The quantitative estimate of drug-likeness (QED) is 0.472. The largest absolute Gasteiger partial charge is 0.349 e. The summed E-state index contributed by atoms with van der Waals surface area (Å²) in [5.41, 5.74) is 2.37. The Kier molecular flexibility index (Phi) is 6.77. The van der Waals surface area contributed by atoms with Crippen molar-refractivity contribution in [3.05, 3.63) is 59.7 Å². The van der Waals surface area contributed by atoms with Gasteiger partial charge in [0, 0.05) is 44.2 Å². The lowest BCUT2D eigenvalue weighted by Gasteiger charge is -2.22. The van der Waals surface area contributed by atoms with Crippen LogP contribution in [0.15, 0.2) is 36.4 Å². The van der Waals surface area contributed by atoms with Gasteiger partial charge in [0.1, 0.15) is 0 Å². The number of thiophene rings is 1. The van der Waals surface area contributed by atoms with Gasteiger partial charge in [-0.2, -0.15) is 0 Å². The van der Waals surface area contributed by atoms with Crippen LogP contribution in [0.3, 0.4) is 0 Å². The summed E-state index contributed by atoms with van der Waals surface area (Å²) in [6.07, 6.45) is 11.6. The minimum absolute atomic E-state index is 0.00993. The first-order valence-electron chi connectivity index (χ1n) is 12.3. The molecular formula is C28H30N2O2S. The molecule has 5 heteroatoms. The average Bonchev–Trinajstić information content (AvgIpc) is 3.29. The van der Waals surface area contributed by atoms with E-state index in [9.17, 15) is 9.59 Å². The van der Waals surface area contributed by atoms with Crippen LogP contribution in [0.25, 0.3) is 20.5 Å². The van der Waals surface area contributed by atoms with Gasteiger partial charge in [0.05, 0.1) is 0 Å². The van der Waals surface area contributed by atoms with Crippen LogP contribution < -0.4 is 10.6 Å². The highest BCUT2D eigenvalue weighted by Crippen LogP contribution is 2.33. The highest BCUT2D eigenvalue weighted by Gasteiger charge is 2.18. The van der Waals surface area contributed by atoms with E-state index in [2.05, 4.69) is 22.8 Å². The SMILES string of the molecule is O=C(NC1CCCCC1)c1ccc(-c2[c]c3[c]cc(C(=O)NC4CCCCC4)cc3s2)cc1. The second-order valence-electron chi connectivity index (χ2n) is 9.38. The first-order valence-corrected chi connectivity index (χ1v) is 13.1. The van der Waals surface area contributed by atoms with E-state index in [0.29, 0.717) is 23.2 Å². The smallest absolute Gasteiger partial charge is 0.251 e. The van der Waals surface area contributed by atoms with Gasteiger partial charge in [-0.25, -0.2) is 0 Å². The van der Waals surface area contributed by atoms with Gasteiger partial charge in [0.25, 0.3) is 11.8 Å². The minimum Gasteiger partial charge on any atom is -0.349 e. The standard InChI is InChI=1S/C28H30N2O2S/c31-27(29-23-7-3-1-4-8-23)20-13-11-19(12-14-20)25-17-21-15-16-22(18-26(21)33-25)28(32)30-24-9-5-2-6-10-24/h11-14,16,18,23-24H,1-10H2,(H,29,31)(H,30,32). The van der Waals surface area contributed by atoms with Gasteiger partial charge in [-0.3, -0.25) is 9.59 Å². The summed E-state index contributed by atoms with van der Waals surface area (Å²) in [5.74, 6) is -0.000875. The molecule has 0 atom stereocenters. The molecule has 2 fully saturated rings.